The molecule has 1 aromatic rings. The second kappa shape index (κ2) is 6.26. The summed E-state index contributed by atoms with van der Waals surface area (Å²) < 4.78 is 24.1. The van der Waals surface area contributed by atoms with Crippen molar-refractivity contribution in [1.82, 2.24) is 0 Å². The molecule has 0 aromatic heterocycles. The van der Waals surface area contributed by atoms with Crippen molar-refractivity contribution in [3.8, 4) is 0 Å². The molecule has 20 heavy (non-hydrogen) atoms. The van der Waals surface area contributed by atoms with Gasteiger partial charge in [-0.2, -0.15) is 0 Å². The monoisotopic (exact) mass is 296 g/mol. The summed E-state index contributed by atoms with van der Waals surface area (Å²) >= 11 is 0. The van der Waals surface area contributed by atoms with Crippen LogP contribution in [-0.4, -0.2) is 25.3 Å². The number of carbonyl (C=O) groups excluding carboxylic acids is 1. The van der Waals surface area contributed by atoms with E-state index in [1.165, 1.54) is 0 Å². The Labute approximate surface area is 119 Å². The van der Waals surface area contributed by atoms with Gasteiger partial charge in [0.15, 0.2) is 9.84 Å². The van der Waals surface area contributed by atoms with Crippen molar-refractivity contribution in [2.24, 2.45) is 0 Å². The number of sulfone groups is 1. The van der Waals surface area contributed by atoms with Crippen molar-refractivity contribution in [1.29, 1.82) is 0 Å². The summed E-state index contributed by atoms with van der Waals surface area (Å²) in [6, 6.07) is 6.82. The van der Waals surface area contributed by atoms with Crippen LogP contribution in [-0.2, 0) is 14.6 Å². The summed E-state index contributed by atoms with van der Waals surface area (Å²) in [5.74, 6) is -0.372. The van der Waals surface area contributed by atoms with Crippen LogP contribution in [0.1, 0.15) is 32.1 Å². The minimum atomic E-state index is -3.14. The Bertz CT molecular complexity index is 578. The lowest BCUT2D eigenvalue weighted by Gasteiger charge is -2.11. The molecule has 1 aromatic carbocycles. The molecule has 0 aliphatic heterocycles. The van der Waals surface area contributed by atoms with Crippen LogP contribution in [0.15, 0.2) is 24.3 Å². The minimum Gasteiger partial charge on any atom is -0.399 e. The summed E-state index contributed by atoms with van der Waals surface area (Å²) in [7, 11) is -3.14. The Hall–Kier alpha value is -1.56. The van der Waals surface area contributed by atoms with Gasteiger partial charge in [0, 0.05) is 17.8 Å². The van der Waals surface area contributed by atoms with Crippen LogP contribution in [0.4, 0.5) is 11.4 Å². The van der Waals surface area contributed by atoms with E-state index in [1.807, 2.05) is 0 Å². The van der Waals surface area contributed by atoms with E-state index in [0.29, 0.717) is 11.4 Å². The van der Waals surface area contributed by atoms with Crippen molar-refractivity contribution in [2.45, 2.75) is 37.4 Å². The number of nitrogens with one attached hydrogen (secondary N) is 1. The topological polar surface area (TPSA) is 89.3 Å². The zero-order valence-corrected chi connectivity index (χ0v) is 12.2. The molecular weight excluding hydrogens is 276 g/mol. The lowest BCUT2D eigenvalue weighted by Crippen LogP contribution is -2.24. The van der Waals surface area contributed by atoms with Crippen LogP contribution in [0.3, 0.4) is 0 Å². The molecule has 1 fully saturated rings. The fraction of sp³-hybridized carbons (Fsp3) is 0.500. The van der Waals surface area contributed by atoms with Crippen molar-refractivity contribution in [3.63, 3.8) is 0 Å². The van der Waals surface area contributed by atoms with Gasteiger partial charge in [0.2, 0.25) is 5.91 Å². The summed E-state index contributed by atoms with van der Waals surface area (Å²) in [5, 5.41) is 2.42. The van der Waals surface area contributed by atoms with Gasteiger partial charge in [-0.3, -0.25) is 4.79 Å². The number of rotatable bonds is 5. The van der Waals surface area contributed by atoms with Crippen LogP contribution < -0.4 is 11.1 Å². The molecule has 0 atom stereocenters. The van der Waals surface area contributed by atoms with E-state index in [2.05, 4.69) is 5.32 Å². The first-order valence-electron chi connectivity index (χ1n) is 6.84. The molecule has 1 aliphatic rings. The van der Waals surface area contributed by atoms with E-state index >= 15 is 0 Å². The molecule has 2 rings (SSSR count). The van der Waals surface area contributed by atoms with E-state index in [-0.39, 0.29) is 23.3 Å². The molecule has 0 heterocycles. The van der Waals surface area contributed by atoms with Crippen molar-refractivity contribution in [2.75, 3.05) is 16.8 Å². The van der Waals surface area contributed by atoms with Crippen LogP contribution in [0.5, 0.6) is 0 Å². The number of benzene rings is 1. The van der Waals surface area contributed by atoms with Crippen LogP contribution in [0, 0.1) is 0 Å². The van der Waals surface area contributed by atoms with E-state index in [0.717, 1.165) is 25.7 Å². The standard InChI is InChI=1S/C14H20N2O3S/c15-11-4-3-5-12(10-11)16-14(17)8-9-20(18,19)13-6-1-2-7-13/h3-5,10,13H,1-2,6-9,15H2,(H,16,17). The van der Waals surface area contributed by atoms with Crippen molar-refractivity contribution < 1.29 is 13.2 Å². The van der Waals surface area contributed by atoms with Gasteiger partial charge in [0.05, 0.1) is 11.0 Å². The fourth-order valence-corrected chi connectivity index (χ4v) is 4.34. The molecule has 110 valence electrons. The highest BCUT2D eigenvalue weighted by Gasteiger charge is 2.28. The molecule has 0 radical (unpaired) electrons. The van der Waals surface area contributed by atoms with E-state index in [4.69, 9.17) is 5.73 Å². The second-order valence-electron chi connectivity index (χ2n) is 5.20. The molecule has 1 saturated carbocycles. The number of nitrogen functional groups attached to an aromatic ring is 1. The van der Waals surface area contributed by atoms with Gasteiger partial charge >= 0.3 is 0 Å². The minimum absolute atomic E-state index is 0.00632. The number of hydrogen-bond acceptors (Lipinski definition) is 4. The number of nitrogens with two attached hydrogens (primary N) is 1. The molecule has 0 unspecified atom stereocenters. The van der Waals surface area contributed by atoms with Gasteiger partial charge in [-0.1, -0.05) is 18.9 Å². The average molecular weight is 296 g/mol. The van der Waals surface area contributed by atoms with E-state index < -0.39 is 9.84 Å². The Morgan fingerprint density at radius 1 is 1.30 bits per heavy atom. The van der Waals surface area contributed by atoms with Gasteiger partial charge in [0.1, 0.15) is 0 Å². The quantitative estimate of drug-likeness (QED) is 0.813. The molecule has 0 spiro atoms. The predicted molar refractivity (Wildman–Crippen MR) is 80.1 cm³/mol. The summed E-state index contributed by atoms with van der Waals surface area (Å²) in [4.78, 5) is 11.8. The zero-order valence-electron chi connectivity index (χ0n) is 11.3. The first-order valence-corrected chi connectivity index (χ1v) is 8.56. The Morgan fingerprint density at radius 2 is 2.00 bits per heavy atom. The molecular formula is C14H20N2O3S. The molecule has 3 N–H and O–H groups in total. The Morgan fingerprint density at radius 3 is 2.65 bits per heavy atom. The van der Waals surface area contributed by atoms with Crippen LogP contribution >= 0.6 is 0 Å². The van der Waals surface area contributed by atoms with Crippen LogP contribution in [0.25, 0.3) is 0 Å². The Kier molecular flexibility index (Phi) is 4.65. The maximum atomic E-state index is 12.0. The predicted octanol–water partition coefficient (Wildman–Crippen LogP) is 1.95. The average Bonchev–Trinajstić information content (AvgIpc) is 2.91. The fourth-order valence-electron chi connectivity index (χ4n) is 2.49. The maximum Gasteiger partial charge on any atom is 0.225 e. The van der Waals surface area contributed by atoms with Gasteiger partial charge in [-0.15, -0.1) is 0 Å². The third kappa shape index (κ3) is 3.96. The van der Waals surface area contributed by atoms with Gasteiger partial charge < -0.3 is 11.1 Å². The lowest BCUT2D eigenvalue weighted by molar-refractivity contribution is -0.115. The molecule has 6 heteroatoms. The first kappa shape index (κ1) is 14.8. The molecule has 0 bridgehead atoms. The summed E-state index contributed by atoms with van der Waals surface area (Å²) in [6.07, 6.45) is 3.41. The smallest absolute Gasteiger partial charge is 0.225 e. The number of amides is 1. The van der Waals surface area contributed by atoms with Gasteiger partial charge in [0.25, 0.3) is 0 Å². The highest BCUT2D eigenvalue weighted by Crippen LogP contribution is 2.25. The highest BCUT2D eigenvalue weighted by molar-refractivity contribution is 7.92. The summed E-state index contributed by atoms with van der Waals surface area (Å²) in [5.41, 5.74) is 6.76. The molecule has 5 nitrogen and oxygen atoms in total. The van der Waals surface area contributed by atoms with Crippen molar-refractivity contribution in [3.05, 3.63) is 24.3 Å². The third-order valence-corrected chi connectivity index (χ3v) is 5.85. The first-order chi connectivity index (χ1) is 9.47. The number of carbonyl (C=O) groups is 1. The highest BCUT2D eigenvalue weighted by atomic mass is 32.2. The number of hydrogen-bond donors (Lipinski definition) is 2. The SMILES string of the molecule is Nc1cccc(NC(=O)CCS(=O)(=O)C2CCCC2)c1. The molecule has 1 aliphatic carbocycles. The largest absolute Gasteiger partial charge is 0.399 e. The number of anilines is 2. The van der Waals surface area contributed by atoms with Crippen LogP contribution in [0.2, 0.25) is 0 Å². The zero-order chi connectivity index (χ0) is 14.6. The third-order valence-electron chi connectivity index (χ3n) is 3.59. The Balaban J connectivity index is 1.86. The summed E-state index contributed by atoms with van der Waals surface area (Å²) in [6.45, 7) is 0. The second-order valence-corrected chi connectivity index (χ2v) is 7.60. The van der Waals surface area contributed by atoms with Gasteiger partial charge in [-0.25, -0.2) is 8.42 Å². The lowest BCUT2D eigenvalue weighted by atomic mass is 10.3. The molecule has 0 saturated heterocycles. The van der Waals surface area contributed by atoms with E-state index in [1.54, 1.807) is 24.3 Å². The molecule has 1 amide bonds. The maximum absolute atomic E-state index is 12.0. The normalized spacial score (nSPS) is 16.2. The van der Waals surface area contributed by atoms with Crippen molar-refractivity contribution >= 4 is 27.1 Å². The van der Waals surface area contributed by atoms with E-state index in [9.17, 15) is 13.2 Å². The van der Waals surface area contributed by atoms with Gasteiger partial charge in [-0.05, 0) is 31.0 Å².